The van der Waals surface area contributed by atoms with Gasteiger partial charge in [0.2, 0.25) is 0 Å². The van der Waals surface area contributed by atoms with Crippen molar-refractivity contribution in [2.45, 2.75) is 6.42 Å². The van der Waals surface area contributed by atoms with Gasteiger partial charge in [-0.3, -0.25) is 5.10 Å². The first-order valence-corrected chi connectivity index (χ1v) is 9.35. The number of allylic oxidation sites excluding steroid dienone is 1. The van der Waals surface area contributed by atoms with E-state index in [9.17, 15) is 0 Å². The molecule has 3 aromatic carbocycles. The highest BCUT2D eigenvalue weighted by molar-refractivity contribution is 6.18. The fourth-order valence-corrected chi connectivity index (χ4v) is 3.61. The van der Waals surface area contributed by atoms with Gasteiger partial charge in [0.25, 0.3) is 0 Å². The van der Waals surface area contributed by atoms with Gasteiger partial charge in [0.1, 0.15) is 5.82 Å². The van der Waals surface area contributed by atoms with Crippen LogP contribution in [0.15, 0.2) is 79.0 Å². The fourth-order valence-electron chi connectivity index (χ4n) is 3.42. The molecule has 0 bridgehead atoms. The minimum Gasteiger partial charge on any atom is -0.278 e. The molecule has 4 heteroatoms. The van der Waals surface area contributed by atoms with Gasteiger partial charge in [0.15, 0.2) is 0 Å². The summed E-state index contributed by atoms with van der Waals surface area (Å²) in [7, 11) is 0. The number of fused-ring (bicyclic) bond motifs is 1. The van der Waals surface area contributed by atoms with E-state index in [-0.39, 0.29) is 5.82 Å². The van der Waals surface area contributed by atoms with Crippen LogP contribution in [0.25, 0.3) is 22.0 Å². The molecule has 1 heterocycles. The number of aromatic nitrogens is 2. The Morgan fingerprint density at radius 1 is 0.889 bits per heavy atom. The molecule has 0 aliphatic rings. The maximum atomic E-state index is 15.4. The lowest BCUT2D eigenvalue weighted by atomic mass is 9.87. The van der Waals surface area contributed by atoms with Crippen molar-refractivity contribution in [3.63, 3.8) is 0 Å². The van der Waals surface area contributed by atoms with Crippen LogP contribution in [-0.2, 0) is 0 Å². The van der Waals surface area contributed by atoms with E-state index in [0.29, 0.717) is 28.8 Å². The second-order valence-corrected chi connectivity index (χ2v) is 6.66. The summed E-state index contributed by atoms with van der Waals surface area (Å²) in [5.41, 5.74) is 5.13. The van der Waals surface area contributed by atoms with Crippen LogP contribution in [-0.4, -0.2) is 16.1 Å². The van der Waals surface area contributed by atoms with Gasteiger partial charge in [0.05, 0.1) is 17.1 Å². The Balaban J connectivity index is 2.05. The van der Waals surface area contributed by atoms with E-state index in [2.05, 4.69) is 10.2 Å². The number of hydrogen-bond donors (Lipinski definition) is 1. The Labute approximate surface area is 162 Å². The lowest BCUT2D eigenvalue weighted by Crippen LogP contribution is -1.99. The molecule has 0 aliphatic carbocycles. The lowest BCUT2D eigenvalue weighted by molar-refractivity contribution is 0.636. The van der Waals surface area contributed by atoms with Crippen LogP contribution in [0, 0.1) is 5.82 Å². The highest BCUT2D eigenvalue weighted by Gasteiger charge is 2.19. The van der Waals surface area contributed by atoms with Gasteiger partial charge in [0, 0.05) is 11.4 Å². The molecule has 27 heavy (non-hydrogen) atoms. The number of alkyl halides is 1. The van der Waals surface area contributed by atoms with E-state index in [4.69, 9.17) is 11.6 Å². The largest absolute Gasteiger partial charge is 0.278 e. The van der Waals surface area contributed by atoms with E-state index >= 15 is 4.39 Å². The summed E-state index contributed by atoms with van der Waals surface area (Å²) in [6.45, 7) is 0. The van der Waals surface area contributed by atoms with Crippen LogP contribution in [0.1, 0.15) is 23.1 Å². The van der Waals surface area contributed by atoms with E-state index in [1.165, 1.54) is 6.20 Å². The zero-order valence-corrected chi connectivity index (χ0v) is 15.4. The van der Waals surface area contributed by atoms with Gasteiger partial charge in [-0.1, -0.05) is 60.7 Å². The first-order valence-electron chi connectivity index (χ1n) is 8.81. The van der Waals surface area contributed by atoms with Crippen LogP contribution < -0.4 is 0 Å². The van der Waals surface area contributed by atoms with E-state index in [1.54, 1.807) is 0 Å². The van der Waals surface area contributed by atoms with Crippen molar-refractivity contribution in [3.8, 4) is 0 Å². The molecule has 0 saturated carbocycles. The summed E-state index contributed by atoms with van der Waals surface area (Å²) >= 11 is 6.14. The van der Waals surface area contributed by atoms with Crippen molar-refractivity contribution < 1.29 is 4.39 Å². The maximum absolute atomic E-state index is 15.4. The number of nitrogens with zero attached hydrogens (tertiary/aromatic N) is 1. The predicted molar refractivity (Wildman–Crippen MR) is 110 cm³/mol. The van der Waals surface area contributed by atoms with Crippen molar-refractivity contribution in [2.24, 2.45) is 0 Å². The van der Waals surface area contributed by atoms with Gasteiger partial charge in [-0.05, 0) is 40.8 Å². The van der Waals surface area contributed by atoms with Crippen molar-refractivity contribution in [1.29, 1.82) is 0 Å². The Morgan fingerprint density at radius 3 is 2.22 bits per heavy atom. The molecule has 1 N–H and O–H groups in total. The summed E-state index contributed by atoms with van der Waals surface area (Å²) in [5, 5.41) is 7.28. The van der Waals surface area contributed by atoms with Crippen molar-refractivity contribution in [1.82, 2.24) is 10.2 Å². The number of nitrogens with one attached hydrogen (secondary N) is 1. The highest BCUT2D eigenvalue weighted by Crippen LogP contribution is 2.37. The number of benzene rings is 3. The number of hydrogen-bond acceptors (Lipinski definition) is 1. The van der Waals surface area contributed by atoms with E-state index in [1.807, 2.05) is 72.8 Å². The average molecular weight is 377 g/mol. The molecule has 0 spiro atoms. The molecule has 4 rings (SSSR count). The number of rotatable bonds is 5. The molecule has 0 atom stereocenters. The topological polar surface area (TPSA) is 28.7 Å². The summed E-state index contributed by atoms with van der Waals surface area (Å²) < 4.78 is 15.4. The van der Waals surface area contributed by atoms with Crippen LogP contribution in [0.2, 0.25) is 0 Å². The molecule has 134 valence electrons. The van der Waals surface area contributed by atoms with Gasteiger partial charge >= 0.3 is 0 Å². The summed E-state index contributed by atoms with van der Waals surface area (Å²) in [4.78, 5) is 0. The predicted octanol–water partition coefficient (Wildman–Crippen LogP) is 6.29. The zero-order valence-electron chi connectivity index (χ0n) is 14.6. The highest BCUT2D eigenvalue weighted by atomic mass is 35.5. The fraction of sp³-hybridized carbons (Fsp3) is 0.0870. The molecule has 1 aromatic heterocycles. The quantitative estimate of drug-likeness (QED) is 0.322. The number of halogens is 2. The second-order valence-electron chi connectivity index (χ2n) is 6.28. The van der Waals surface area contributed by atoms with Crippen LogP contribution in [0.3, 0.4) is 0 Å². The van der Waals surface area contributed by atoms with Crippen molar-refractivity contribution in [3.05, 3.63) is 102 Å². The molecule has 0 unspecified atom stereocenters. The van der Waals surface area contributed by atoms with E-state index < -0.39 is 0 Å². The molecule has 0 aliphatic heterocycles. The Kier molecular flexibility index (Phi) is 5.03. The average Bonchev–Trinajstić information content (AvgIpc) is 3.20. The van der Waals surface area contributed by atoms with Crippen molar-refractivity contribution in [2.75, 3.05) is 5.88 Å². The normalized spacial score (nSPS) is 12.2. The Hall–Kier alpha value is -2.91. The van der Waals surface area contributed by atoms with E-state index in [0.717, 1.165) is 22.3 Å². The third-order valence-corrected chi connectivity index (χ3v) is 4.85. The van der Waals surface area contributed by atoms with Gasteiger partial charge in [-0.25, -0.2) is 4.39 Å². The first-order chi connectivity index (χ1) is 13.3. The summed E-state index contributed by atoms with van der Waals surface area (Å²) in [5.74, 6) is 0.180. The third-order valence-electron chi connectivity index (χ3n) is 4.66. The molecule has 0 saturated heterocycles. The Morgan fingerprint density at radius 2 is 1.56 bits per heavy atom. The monoisotopic (exact) mass is 376 g/mol. The molecule has 0 radical (unpaired) electrons. The molecular weight excluding hydrogens is 359 g/mol. The molecule has 0 amide bonds. The molecular formula is C23H18ClFN2. The summed E-state index contributed by atoms with van der Waals surface area (Å²) in [6.07, 6.45) is 2.17. The number of H-pyrrole nitrogens is 1. The van der Waals surface area contributed by atoms with Crippen molar-refractivity contribution >= 4 is 33.7 Å². The zero-order chi connectivity index (χ0) is 18.6. The summed E-state index contributed by atoms with van der Waals surface area (Å²) in [6, 6.07) is 23.6. The first kappa shape index (κ1) is 17.5. The lowest BCUT2D eigenvalue weighted by Gasteiger charge is -2.17. The smallest absolute Gasteiger partial charge is 0.142 e. The molecule has 4 aromatic rings. The maximum Gasteiger partial charge on any atom is 0.142 e. The number of aromatic amines is 1. The van der Waals surface area contributed by atoms with Gasteiger partial charge in [-0.15, -0.1) is 11.6 Å². The third kappa shape index (κ3) is 3.38. The van der Waals surface area contributed by atoms with Crippen LogP contribution >= 0.6 is 11.6 Å². The van der Waals surface area contributed by atoms with Crippen LogP contribution in [0.5, 0.6) is 0 Å². The van der Waals surface area contributed by atoms with Gasteiger partial charge in [-0.2, -0.15) is 5.10 Å². The van der Waals surface area contributed by atoms with Gasteiger partial charge < -0.3 is 0 Å². The Bertz CT molecular complexity index is 1090. The minimum absolute atomic E-state index is 0.275. The second kappa shape index (κ2) is 7.77. The van der Waals surface area contributed by atoms with Crippen LogP contribution in [0.4, 0.5) is 4.39 Å². The SMILES string of the molecule is Fc1c(/C(=C(\CCCl)c2ccccc2)c2ccccc2)ccc2[nH]ncc12. The molecule has 2 nitrogen and oxygen atoms in total. The standard InChI is InChI=1S/C23H18ClFN2/c24-14-13-18(16-7-3-1-4-8-16)22(17-9-5-2-6-10-17)19-11-12-21-20(23(19)25)15-26-27-21/h1-12,15H,13-14H2,(H,26,27)/b22-18+. The minimum atomic E-state index is -0.275. The molecule has 0 fully saturated rings.